The molecule has 0 radical (unpaired) electrons. The van der Waals surface area contributed by atoms with Crippen molar-refractivity contribution >= 4 is 5.97 Å². The second-order valence-electron chi connectivity index (χ2n) is 4.07. The monoisotopic (exact) mass is 263 g/mol. The summed E-state index contributed by atoms with van der Waals surface area (Å²) in [6.07, 6.45) is 0. The van der Waals surface area contributed by atoms with Crippen LogP contribution in [0.4, 0.5) is 8.78 Å². The van der Waals surface area contributed by atoms with Gasteiger partial charge in [-0.05, 0) is 35.9 Å². The van der Waals surface area contributed by atoms with E-state index in [1.807, 2.05) is 0 Å². The molecule has 0 aromatic heterocycles. The van der Waals surface area contributed by atoms with Gasteiger partial charge in [0.1, 0.15) is 11.6 Å². The molecular weight excluding hydrogens is 252 g/mol. The molecular formula is C14H11F2NO2. The Bertz CT molecular complexity index is 629. The Hall–Kier alpha value is -2.27. The molecule has 0 amide bonds. The van der Waals surface area contributed by atoms with Gasteiger partial charge in [0, 0.05) is 5.56 Å². The van der Waals surface area contributed by atoms with E-state index < -0.39 is 23.6 Å². The summed E-state index contributed by atoms with van der Waals surface area (Å²) in [6.45, 7) is 0. The second kappa shape index (κ2) is 5.16. The summed E-state index contributed by atoms with van der Waals surface area (Å²) < 4.78 is 26.7. The maximum absolute atomic E-state index is 13.6. The fourth-order valence-corrected chi connectivity index (χ4v) is 1.80. The third kappa shape index (κ3) is 2.77. The number of carboxylic acids is 1. The van der Waals surface area contributed by atoms with Crippen molar-refractivity contribution in [3.8, 4) is 0 Å². The number of nitrogens with two attached hydrogens (primary N) is 1. The van der Waals surface area contributed by atoms with Gasteiger partial charge in [0.25, 0.3) is 0 Å². The molecule has 0 bridgehead atoms. The molecule has 3 N–H and O–H groups in total. The summed E-state index contributed by atoms with van der Waals surface area (Å²) in [5.41, 5.74) is 6.30. The molecule has 0 aliphatic rings. The van der Waals surface area contributed by atoms with Gasteiger partial charge < -0.3 is 10.8 Å². The van der Waals surface area contributed by atoms with Crippen molar-refractivity contribution < 1.29 is 18.7 Å². The Morgan fingerprint density at radius 2 is 1.89 bits per heavy atom. The zero-order valence-corrected chi connectivity index (χ0v) is 9.81. The highest BCUT2D eigenvalue weighted by molar-refractivity contribution is 5.87. The third-order valence-electron chi connectivity index (χ3n) is 2.79. The maximum Gasteiger partial charge on any atom is 0.335 e. The van der Waals surface area contributed by atoms with Crippen LogP contribution in [0, 0.1) is 11.6 Å². The van der Waals surface area contributed by atoms with Gasteiger partial charge in [-0.15, -0.1) is 0 Å². The number of carbonyl (C=O) groups is 1. The lowest BCUT2D eigenvalue weighted by Gasteiger charge is -2.14. The van der Waals surface area contributed by atoms with Crippen LogP contribution in [0.5, 0.6) is 0 Å². The molecule has 0 fully saturated rings. The third-order valence-corrected chi connectivity index (χ3v) is 2.79. The molecule has 0 spiro atoms. The van der Waals surface area contributed by atoms with Gasteiger partial charge in [-0.25, -0.2) is 13.6 Å². The second-order valence-corrected chi connectivity index (χ2v) is 4.07. The number of halogens is 2. The summed E-state index contributed by atoms with van der Waals surface area (Å²) >= 11 is 0. The maximum atomic E-state index is 13.6. The lowest BCUT2D eigenvalue weighted by molar-refractivity contribution is 0.0696. The minimum Gasteiger partial charge on any atom is -0.478 e. The lowest BCUT2D eigenvalue weighted by atomic mass is 9.97. The summed E-state index contributed by atoms with van der Waals surface area (Å²) in [5, 5.41) is 8.89. The van der Waals surface area contributed by atoms with Crippen LogP contribution < -0.4 is 5.73 Å². The smallest absolute Gasteiger partial charge is 0.335 e. The minimum absolute atomic E-state index is 0.0115. The highest BCUT2D eigenvalue weighted by Gasteiger charge is 2.16. The Kier molecular flexibility index (Phi) is 3.57. The SMILES string of the molecule is NC(c1cccc(C(=O)O)c1)c1cc(F)ccc1F. The molecule has 2 aromatic carbocycles. The van der Waals surface area contributed by atoms with Crippen molar-refractivity contribution in [1.82, 2.24) is 0 Å². The van der Waals surface area contributed by atoms with Crippen LogP contribution in [0.15, 0.2) is 42.5 Å². The number of hydrogen-bond acceptors (Lipinski definition) is 2. The normalized spacial score (nSPS) is 12.2. The van der Waals surface area contributed by atoms with Crippen LogP contribution in [0.3, 0.4) is 0 Å². The van der Waals surface area contributed by atoms with Crippen molar-refractivity contribution in [3.63, 3.8) is 0 Å². The topological polar surface area (TPSA) is 63.3 Å². The summed E-state index contributed by atoms with van der Waals surface area (Å²) in [5.74, 6) is -2.33. The van der Waals surface area contributed by atoms with Crippen molar-refractivity contribution in [2.45, 2.75) is 6.04 Å². The van der Waals surface area contributed by atoms with Crippen LogP contribution in [-0.4, -0.2) is 11.1 Å². The standard InChI is InChI=1S/C14H11F2NO2/c15-10-4-5-12(16)11(7-10)13(17)8-2-1-3-9(6-8)14(18)19/h1-7,13H,17H2,(H,18,19). The lowest BCUT2D eigenvalue weighted by Crippen LogP contribution is -2.14. The van der Waals surface area contributed by atoms with E-state index in [2.05, 4.69) is 0 Å². The zero-order chi connectivity index (χ0) is 14.0. The molecule has 1 unspecified atom stereocenters. The fraction of sp³-hybridized carbons (Fsp3) is 0.0714. The average Bonchev–Trinajstić information content (AvgIpc) is 2.41. The molecule has 0 aliphatic carbocycles. The van der Waals surface area contributed by atoms with E-state index in [0.29, 0.717) is 5.56 Å². The van der Waals surface area contributed by atoms with Crippen LogP contribution in [0.2, 0.25) is 0 Å². The Balaban J connectivity index is 2.43. The van der Waals surface area contributed by atoms with Gasteiger partial charge in [-0.2, -0.15) is 0 Å². The largest absolute Gasteiger partial charge is 0.478 e. The first-order valence-corrected chi connectivity index (χ1v) is 5.53. The molecule has 5 heteroatoms. The molecule has 0 saturated heterocycles. The van der Waals surface area contributed by atoms with Crippen LogP contribution in [0.25, 0.3) is 0 Å². The van der Waals surface area contributed by atoms with E-state index in [1.54, 1.807) is 6.07 Å². The highest BCUT2D eigenvalue weighted by Crippen LogP contribution is 2.23. The molecule has 19 heavy (non-hydrogen) atoms. The van der Waals surface area contributed by atoms with E-state index in [1.165, 1.54) is 18.2 Å². The van der Waals surface area contributed by atoms with Gasteiger partial charge in [0.2, 0.25) is 0 Å². The van der Waals surface area contributed by atoms with E-state index >= 15 is 0 Å². The van der Waals surface area contributed by atoms with E-state index in [-0.39, 0.29) is 11.1 Å². The molecule has 1 atom stereocenters. The van der Waals surface area contributed by atoms with Crippen LogP contribution in [-0.2, 0) is 0 Å². The number of benzene rings is 2. The number of carboxylic acid groups (broad SMARTS) is 1. The van der Waals surface area contributed by atoms with Crippen LogP contribution >= 0.6 is 0 Å². The predicted molar refractivity (Wildman–Crippen MR) is 65.8 cm³/mol. The average molecular weight is 263 g/mol. The number of hydrogen-bond donors (Lipinski definition) is 2. The zero-order valence-electron chi connectivity index (χ0n) is 9.81. The van der Waals surface area contributed by atoms with Gasteiger partial charge in [-0.3, -0.25) is 0 Å². The molecule has 0 saturated carbocycles. The van der Waals surface area contributed by atoms with Gasteiger partial charge in [-0.1, -0.05) is 12.1 Å². The van der Waals surface area contributed by atoms with E-state index in [9.17, 15) is 13.6 Å². The summed E-state index contributed by atoms with van der Waals surface area (Å²) in [4.78, 5) is 10.9. The van der Waals surface area contributed by atoms with E-state index in [0.717, 1.165) is 18.2 Å². The van der Waals surface area contributed by atoms with Gasteiger partial charge >= 0.3 is 5.97 Å². The van der Waals surface area contributed by atoms with Crippen molar-refractivity contribution in [3.05, 3.63) is 70.8 Å². The first-order valence-electron chi connectivity index (χ1n) is 5.53. The number of rotatable bonds is 3. The highest BCUT2D eigenvalue weighted by atomic mass is 19.1. The summed E-state index contributed by atoms with van der Waals surface area (Å²) in [6, 6.07) is 7.91. The van der Waals surface area contributed by atoms with Crippen LogP contribution in [0.1, 0.15) is 27.5 Å². The van der Waals surface area contributed by atoms with Crippen molar-refractivity contribution in [2.24, 2.45) is 5.73 Å². The molecule has 0 heterocycles. The molecule has 3 nitrogen and oxygen atoms in total. The van der Waals surface area contributed by atoms with Gasteiger partial charge in [0.15, 0.2) is 0 Å². The van der Waals surface area contributed by atoms with Gasteiger partial charge in [0.05, 0.1) is 11.6 Å². The predicted octanol–water partition coefficient (Wildman–Crippen LogP) is 2.71. The number of aromatic carboxylic acids is 1. The van der Waals surface area contributed by atoms with Crippen molar-refractivity contribution in [1.29, 1.82) is 0 Å². The first kappa shape index (κ1) is 13.2. The molecule has 2 rings (SSSR count). The fourth-order valence-electron chi connectivity index (χ4n) is 1.80. The quantitative estimate of drug-likeness (QED) is 0.894. The molecule has 2 aromatic rings. The first-order chi connectivity index (χ1) is 8.99. The van der Waals surface area contributed by atoms with Crippen molar-refractivity contribution in [2.75, 3.05) is 0 Å². The molecule has 98 valence electrons. The Morgan fingerprint density at radius 1 is 1.16 bits per heavy atom. The Labute approximate surface area is 108 Å². The Morgan fingerprint density at radius 3 is 2.58 bits per heavy atom. The van der Waals surface area contributed by atoms with E-state index in [4.69, 9.17) is 10.8 Å². The summed E-state index contributed by atoms with van der Waals surface area (Å²) in [7, 11) is 0. The minimum atomic E-state index is -1.10. The molecule has 0 aliphatic heterocycles.